The molecule has 0 fully saturated rings. The summed E-state index contributed by atoms with van der Waals surface area (Å²) >= 11 is 0. The predicted octanol–water partition coefficient (Wildman–Crippen LogP) is 4.36. The van der Waals surface area contributed by atoms with Gasteiger partial charge >= 0.3 is 0 Å². The maximum atomic E-state index is 13.5. The Kier molecular flexibility index (Phi) is 5.00. The van der Waals surface area contributed by atoms with Crippen molar-refractivity contribution in [3.63, 3.8) is 0 Å². The Morgan fingerprint density at radius 3 is 2.86 bits per heavy atom. The number of nitrogens with one attached hydrogen (secondary N) is 1. The number of fused-ring (bicyclic) bond motifs is 1. The van der Waals surface area contributed by atoms with Crippen LogP contribution in [-0.4, -0.2) is 28.9 Å². The summed E-state index contributed by atoms with van der Waals surface area (Å²) in [6.07, 6.45) is 5.75. The van der Waals surface area contributed by atoms with Crippen molar-refractivity contribution in [3.05, 3.63) is 59.9 Å². The van der Waals surface area contributed by atoms with Gasteiger partial charge in [-0.3, -0.25) is 9.78 Å². The van der Waals surface area contributed by atoms with Crippen LogP contribution in [0, 0.1) is 0 Å². The molecule has 1 aromatic carbocycles. The first-order valence-electron chi connectivity index (χ1n) is 9.17. The highest BCUT2D eigenvalue weighted by Crippen LogP contribution is 2.39. The Labute approximate surface area is 165 Å². The summed E-state index contributed by atoms with van der Waals surface area (Å²) in [5.41, 5.74) is 2.58. The van der Waals surface area contributed by atoms with Crippen molar-refractivity contribution in [3.8, 4) is 5.75 Å². The minimum absolute atomic E-state index is 0.161. The van der Waals surface area contributed by atoms with Crippen molar-refractivity contribution in [2.75, 3.05) is 7.11 Å². The summed E-state index contributed by atoms with van der Waals surface area (Å²) in [6.45, 7) is 0.161. The maximum Gasteiger partial charge on any atom is 0.253 e. The van der Waals surface area contributed by atoms with E-state index in [0.29, 0.717) is 28.1 Å². The summed E-state index contributed by atoms with van der Waals surface area (Å²) in [5, 5.41) is 3.42. The second kappa shape index (κ2) is 7.62. The van der Waals surface area contributed by atoms with Crippen molar-refractivity contribution >= 4 is 22.4 Å². The minimum atomic E-state index is -2.67. The third-order valence-corrected chi connectivity index (χ3v) is 4.89. The van der Waals surface area contributed by atoms with Gasteiger partial charge in [-0.1, -0.05) is 6.08 Å². The summed E-state index contributed by atoms with van der Waals surface area (Å²) in [6, 6.07) is 5.28. The Balaban J connectivity index is 1.66. The van der Waals surface area contributed by atoms with Gasteiger partial charge in [-0.25, -0.2) is 13.8 Å². The monoisotopic (exact) mass is 399 g/mol. The van der Waals surface area contributed by atoms with Gasteiger partial charge in [0, 0.05) is 30.0 Å². The van der Waals surface area contributed by atoms with Crippen LogP contribution in [0.5, 0.6) is 5.75 Å². The zero-order valence-electron chi connectivity index (χ0n) is 15.7. The second-order valence-corrected chi connectivity index (χ2v) is 6.87. The lowest BCUT2D eigenvalue weighted by atomic mass is 9.90. The van der Waals surface area contributed by atoms with E-state index in [1.807, 2.05) is 0 Å². The number of oxazole rings is 1. The van der Waals surface area contributed by atoms with E-state index in [2.05, 4.69) is 15.3 Å². The fourth-order valence-electron chi connectivity index (χ4n) is 3.35. The molecule has 1 aliphatic rings. The molecule has 0 bridgehead atoms. The van der Waals surface area contributed by atoms with Gasteiger partial charge < -0.3 is 14.5 Å². The van der Waals surface area contributed by atoms with E-state index in [9.17, 15) is 13.6 Å². The summed E-state index contributed by atoms with van der Waals surface area (Å²) < 4.78 is 37.5. The van der Waals surface area contributed by atoms with Crippen molar-refractivity contribution in [1.82, 2.24) is 15.3 Å². The normalized spacial score (nSPS) is 15.8. The number of benzene rings is 1. The molecule has 0 saturated carbocycles. The van der Waals surface area contributed by atoms with Crippen LogP contribution in [0.15, 0.2) is 47.3 Å². The number of halogens is 2. The highest BCUT2D eigenvalue weighted by Gasteiger charge is 2.31. The highest BCUT2D eigenvalue weighted by molar-refractivity contribution is 5.99. The van der Waals surface area contributed by atoms with Crippen LogP contribution in [-0.2, 0) is 6.54 Å². The standard InChI is InChI=1S/C21H19F2N3O3/c1-28-16-9-14-8-15(20(27)26-12-18-24-6-7-29-18)11-25-19(14)17(10-16)13-2-4-21(22,23)5-3-13/h2,6-11H,3-5,12H2,1H3,(H,26,27). The van der Waals surface area contributed by atoms with Gasteiger partial charge in [0.2, 0.25) is 5.89 Å². The lowest BCUT2D eigenvalue weighted by Gasteiger charge is -2.22. The van der Waals surface area contributed by atoms with Gasteiger partial charge in [-0.15, -0.1) is 0 Å². The lowest BCUT2D eigenvalue weighted by molar-refractivity contribution is -0.00602. The first-order valence-corrected chi connectivity index (χ1v) is 9.17. The predicted molar refractivity (Wildman–Crippen MR) is 103 cm³/mol. The zero-order valence-corrected chi connectivity index (χ0v) is 15.7. The van der Waals surface area contributed by atoms with Crippen LogP contribution in [0.25, 0.3) is 16.5 Å². The summed E-state index contributed by atoms with van der Waals surface area (Å²) in [7, 11) is 1.54. The quantitative estimate of drug-likeness (QED) is 0.690. The molecule has 1 amide bonds. The molecule has 1 N–H and O–H groups in total. The Morgan fingerprint density at radius 2 is 2.17 bits per heavy atom. The van der Waals surface area contributed by atoms with Crippen molar-refractivity contribution < 1.29 is 22.7 Å². The van der Waals surface area contributed by atoms with E-state index in [1.165, 1.54) is 25.8 Å². The van der Waals surface area contributed by atoms with E-state index in [-0.39, 0.29) is 31.7 Å². The van der Waals surface area contributed by atoms with Crippen LogP contribution in [0.2, 0.25) is 0 Å². The Hall–Kier alpha value is -3.29. The first kappa shape index (κ1) is 19.0. The molecule has 0 aliphatic heterocycles. The van der Waals surface area contributed by atoms with Crippen LogP contribution in [0.1, 0.15) is 41.1 Å². The van der Waals surface area contributed by atoms with Crippen molar-refractivity contribution in [1.29, 1.82) is 0 Å². The van der Waals surface area contributed by atoms with Crippen LogP contribution < -0.4 is 10.1 Å². The van der Waals surface area contributed by atoms with Gasteiger partial charge in [0.05, 0.1) is 30.9 Å². The van der Waals surface area contributed by atoms with Crippen LogP contribution >= 0.6 is 0 Å². The third-order valence-electron chi connectivity index (χ3n) is 4.89. The maximum absolute atomic E-state index is 13.5. The van der Waals surface area contributed by atoms with Gasteiger partial charge in [0.15, 0.2) is 0 Å². The fraction of sp³-hybridized carbons (Fsp3) is 0.286. The molecule has 1 aliphatic carbocycles. The molecule has 2 aromatic heterocycles. The molecule has 0 saturated heterocycles. The molecule has 150 valence electrons. The second-order valence-electron chi connectivity index (χ2n) is 6.87. The molecule has 0 radical (unpaired) electrons. The molecular weight excluding hydrogens is 380 g/mol. The fourth-order valence-corrected chi connectivity index (χ4v) is 3.35. The largest absolute Gasteiger partial charge is 0.497 e. The number of hydrogen-bond donors (Lipinski definition) is 1. The molecule has 0 atom stereocenters. The molecule has 4 rings (SSSR count). The van der Waals surface area contributed by atoms with E-state index in [1.54, 1.807) is 24.3 Å². The smallest absolute Gasteiger partial charge is 0.253 e. The van der Waals surface area contributed by atoms with Crippen molar-refractivity contribution in [2.45, 2.75) is 31.7 Å². The number of nitrogens with zero attached hydrogens (tertiary/aromatic N) is 2. The number of hydrogen-bond acceptors (Lipinski definition) is 5. The van der Waals surface area contributed by atoms with E-state index in [0.717, 1.165) is 11.1 Å². The number of amides is 1. The van der Waals surface area contributed by atoms with E-state index in [4.69, 9.17) is 9.15 Å². The van der Waals surface area contributed by atoms with Crippen molar-refractivity contribution in [2.24, 2.45) is 0 Å². The van der Waals surface area contributed by atoms with E-state index >= 15 is 0 Å². The average Bonchev–Trinajstić information content (AvgIpc) is 3.24. The van der Waals surface area contributed by atoms with Gasteiger partial charge in [0.25, 0.3) is 11.8 Å². The molecule has 0 unspecified atom stereocenters. The molecule has 8 heteroatoms. The number of carbonyl (C=O) groups is 1. The first-order chi connectivity index (χ1) is 13.9. The zero-order chi connectivity index (χ0) is 20.4. The SMILES string of the molecule is COc1cc(C2=CCC(F)(F)CC2)c2ncc(C(=O)NCc3ncco3)cc2c1. The van der Waals surface area contributed by atoms with Gasteiger partial charge in [-0.2, -0.15) is 0 Å². The Morgan fingerprint density at radius 1 is 1.31 bits per heavy atom. The number of pyridine rings is 1. The molecule has 0 spiro atoms. The van der Waals surface area contributed by atoms with Gasteiger partial charge in [-0.05, 0) is 30.2 Å². The number of methoxy groups -OCH3 is 1. The number of aromatic nitrogens is 2. The lowest BCUT2D eigenvalue weighted by Crippen LogP contribution is -2.23. The number of rotatable bonds is 5. The molecule has 29 heavy (non-hydrogen) atoms. The number of alkyl halides is 2. The Bertz CT molecular complexity index is 1080. The minimum Gasteiger partial charge on any atom is -0.497 e. The molecule has 2 heterocycles. The molecule has 3 aromatic rings. The van der Waals surface area contributed by atoms with Gasteiger partial charge in [0.1, 0.15) is 12.0 Å². The van der Waals surface area contributed by atoms with Crippen LogP contribution in [0.4, 0.5) is 8.78 Å². The molecular formula is C21H19F2N3O3. The average molecular weight is 399 g/mol. The highest BCUT2D eigenvalue weighted by atomic mass is 19.3. The van der Waals surface area contributed by atoms with Crippen LogP contribution in [0.3, 0.4) is 0 Å². The summed E-state index contributed by atoms with van der Waals surface area (Å²) in [5.74, 6) is -2.01. The topological polar surface area (TPSA) is 77.2 Å². The number of carbonyl (C=O) groups excluding carboxylic acids is 1. The number of ether oxygens (including phenoxy) is 1. The molecule has 6 nitrogen and oxygen atoms in total. The number of allylic oxidation sites excluding steroid dienone is 2. The third kappa shape index (κ3) is 4.11. The summed E-state index contributed by atoms with van der Waals surface area (Å²) in [4.78, 5) is 20.9. The van der Waals surface area contributed by atoms with E-state index < -0.39 is 5.92 Å².